The Morgan fingerprint density at radius 2 is 1.02 bits per heavy atom. The van der Waals surface area contributed by atoms with E-state index < -0.39 is 0 Å². The van der Waals surface area contributed by atoms with Crippen LogP contribution in [0.2, 0.25) is 0 Å². The maximum absolute atomic E-state index is 6.19. The largest absolute Gasteiger partial charge is 0.456 e. The lowest BCUT2D eigenvalue weighted by atomic mass is 10.1. The minimum absolute atomic E-state index is 0.909. The van der Waals surface area contributed by atoms with Crippen LogP contribution in [0.25, 0.3) is 87.5 Å². The summed E-state index contributed by atoms with van der Waals surface area (Å²) in [6, 6.07) is 48.2. The number of rotatable bonds is 1. The number of pyridine rings is 1. The Balaban J connectivity index is 1.46. The van der Waals surface area contributed by atoms with E-state index in [0.717, 1.165) is 27.6 Å². The zero-order valence-electron chi connectivity index (χ0n) is 22.0. The van der Waals surface area contributed by atoms with E-state index in [1.54, 1.807) is 0 Å². The normalized spacial score (nSPS) is 12.4. The van der Waals surface area contributed by atoms with Crippen molar-refractivity contribution in [3.8, 4) is 5.69 Å². The highest BCUT2D eigenvalue weighted by Crippen LogP contribution is 2.41. The number of hydrogen-bond donors (Lipinski definition) is 0. The van der Waals surface area contributed by atoms with Gasteiger partial charge in [0.25, 0.3) is 0 Å². The van der Waals surface area contributed by atoms with Gasteiger partial charge in [0.05, 0.1) is 27.6 Å². The van der Waals surface area contributed by atoms with Gasteiger partial charge in [0, 0.05) is 43.4 Å². The SMILES string of the molecule is c1ccc2c(c1)oc1ccc(-n3c4ccccc4c4ccc5cc6c7ccccc7c7ccccc7n6c5c43)cc12. The van der Waals surface area contributed by atoms with Gasteiger partial charge in [-0.3, -0.25) is 0 Å². The number of nitrogens with zero attached hydrogens (tertiary/aromatic N) is 2. The van der Waals surface area contributed by atoms with Crippen LogP contribution in [-0.4, -0.2) is 8.97 Å². The lowest BCUT2D eigenvalue weighted by Crippen LogP contribution is -1.96. The maximum atomic E-state index is 6.19. The van der Waals surface area contributed by atoms with E-state index in [-0.39, 0.29) is 0 Å². The average Bonchev–Trinajstić information content (AvgIpc) is 3.70. The van der Waals surface area contributed by atoms with Crippen LogP contribution in [0.5, 0.6) is 0 Å². The predicted molar refractivity (Wildman–Crippen MR) is 172 cm³/mol. The molecule has 0 aliphatic rings. The Bertz CT molecular complexity index is 2700. The summed E-state index contributed by atoms with van der Waals surface area (Å²) in [4.78, 5) is 0. The highest BCUT2D eigenvalue weighted by atomic mass is 16.3. The van der Waals surface area contributed by atoms with Gasteiger partial charge in [0.15, 0.2) is 0 Å². The van der Waals surface area contributed by atoms with Crippen molar-refractivity contribution in [2.75, 3.05) is 0 Å². The van der Waals surface area contributed by atoms with E-state index >= 15 is 0 Å². The van der Waals surface area contributed by atoms with Crippen LogP contribution in [0.3, 0.4) is 0 Å². The number of para-hydroxylation sites is 3. The third-order valence-corrected chi connectivity index (χ3v) is 8.85. The van der Waals surface area contributed by atoms with E-state index in [1.807, 2.05) is 12.1 Å². The molecule has 10 aromatic rings. The maximum Gasteiger partial charge on any atom is 0.135 e. The van der Waals surface area contributed by atoms with Gasteiger partial charge in [-0.15, -0.1) is 0 Å². The first-order valence-electron chi connectivity index (χ1n) is 14.0. The molecule has 0 fully saturated rings. The standard InChI is InChI=1S/C38H22N2O/c1-2-11-27-25(9-1)26-10-3-7-15-33(26)40-34(27)21-23-17-19-30-28-12-4-6-14-32(28)39(38(30)37(23)40)24-18-20-36-31(22-24)29-13-5-8-16-35(29)41-36/h1-22H. The van der Waals surface area contributed by atoms with Gasteiger partial charge in [-0.1, -0.05) is 91.0 Å². The number of benzene rings is 6. The van der Waals surface area contributed by atoms with Gasteiger partial charge >= 0.3 is 0 Å². The van der Waals surface area contributed by atoms with E-state index in [4.69, 9.17) is 4.42 Å². The zero-order valence-corrected chi connectivity index (χ0v) is 22.0. The zero-order chi connectivity index (χ0) is 26.7. The van der Waals surface area contributed by atoms with Gasteiger partial charge in [-0.25, -0.2) is 0 Å². The third-order valence-electron chi connectivity index (χ3n) is 8.85. The van der Waals surface area contributed by atoms with E-state index in [9.17, 15) is 0 Å². The molecule has 0 amide bonds. The predicted octanol–water partition coefficient (Wildman–Crippen LogP) is 10.4. The fourth-order valence-electron chi connectivity index (χ4n) is 7.15. The molecular weight excluding hydrogens is 500 g/mol. The summed E-state index contributed by atoms with van der Waals surface area (Å²) < 4.78 is 11.1. The molecule has 10 rings (SSSR count). The Morgan fingerprint density at radius 3 is 1.85 bits per heavy atom. The molecule has 4 heterocycles. The number of furan rings is 1. The lowest BCUT2D eigenvalue weighted by molar-refractivity contribution is 0.669. The molecule has 0 aliphatic carbocycles. The van der Waals surface area contributed by atoms with Crippen LogP contribution in [0.4, 0.5) is 0 Å². The van der Waals surface area contributed by atoms with Crippen LogP contribution >= 0.6 is 0 Å². The van der Waals surface area contributed by atoms with Crippen LogP contribution in [-0.2, 0) is 0 Å². The topological polar surface area (TPSA) is 22.5 Å². The Morgan fingerprint density at radius 1 is 0.390 bits per heavy atom. The van der Waals surface area contributed by atoms with E-state index in [0.29, 0.717) is 0 Å². The average molecular weight is 523 g/mol. The molecule has 0 spiro atoms. The molecule has 0 bridgehead atoms. The van der Waals surface area contributed by atoms with Gasteiger partial charge in [0.2, 0.25) is 0 Å². The van der Waals surface area contributed by atoms with Crippen LogP contribution in [0, 0.1) is 0 Å². The number of hydrogen-bond acceptors (Lipinski definition) is 1. The van der Waals surface area contributed by atoms with E-state index in [1.165, 1.54) is 59.9 Å². The fraction of sp³-hybridized carbons (Fsp3) is 0. The van der Waals surface area contributed by atoms with Crippen molar-refractivity contribution in [1.29, 1.82) is 0 Å². The van der Waals surface area contributed by atoms with Crippen LogP contribution in [0.1, 0.15) is 0 Å². The highest BCUT2D eigenvalue weighted by molar-refractivity contribution is 6.23. The molecule has 0 aliphatic heterocycles. The fourth-order valence-corrected chi connectivity index (χ4v) is 7.15. The first-order valence-corrected chi connectivity index (χ1v) is 14.0. The minimum atomic E-state index is 0.909. The van der Waals surface area contributed by atoms with Crippen LogP contribution in [0.15, 0.2) is 138 Å². The van der Waals surface area contributed by atoms with Crippen LogP contribution < -0.4 is 0 Å². The highest BCUT2D eigenvalue weighted by Gasteiger charge is 2.20. The molecular formula is C38H22N2O. The van der Waals surface area contributed by atoms with Crippen molar-refractivity contribution in [2.45, 2.75) is 0 Å². The van der Waals surface area contributed by atoms with Crippen molar-refractivity contribution in [3.63, 3.8) is 0 Å². The third kappa shape index (κ3) is 2.68. The monoisotopic (exact) mass is 522 g/mol. The van der Waals surface area contributed by atoms with Crippen molar-refractivity contribution < 1.29 is 4.42 Å². The van der Waals surface area contributed by atoms with Gasteiger partial charge < -0.3 is 13.4 Å². The van der Waals surface area contributed by atoms with Gasteiger partial charge in [-0.2, -0.15) is 0 Å². The smallest absolute Gasteiger partial charge is 0.135 e. The second kappa shape index (κ2) is 7.56. The van der Waals surface area contributed by atoms with Gasteiger partial charge in [-0.05, 0) is 47.9 Å². The number of fused-ring (bicyclic) bond motifs is 15. The Kier molecular flexibility index (Phi) is 3.93. The summed E-state index contributed by atoms with van der Waals surface area (Å²) in [7, 11) is 0. The number of aromatic nitrogens is 2. The molecule has 0 radical (unpaired) electrons. The molecule has 0 N–H and O–H groups in total. The minimum Gasteiger partial charge on any atom is -0.456 e. The summed E-state index contributed by atoms with van der Waals surface area (Å²) >= 11 is 0. The van der Waals surface area contributed by atoms with Gasteiger partial charge in [0.1, 0.15) is 11.2 Å². The quantitative estimate of drug-likeness (QED) is 0.197. The van der Waals surface area contributed by atoms with Crippen molar-refractivity contribution in [2.24, 2.45) is 0 Å². The second-order valence-corrected chi connectivity index (χ2v) is 11.0. The Labute approximate surface area is 234 Å². The molecule has 4 aromatic heterocycles. The summed E-state index contributed by atoms with van der Waals surface area (Å²) in [5.74, 6) is 0. The molecule has 0 saturated heterocycles. The van der Waals surface area contributed by atoms with Crippen molar-refractivity contribution in [1.82, 2.24) is 8.97 Å². The molecule has 190 valence electrons. The Hall–Kier alpha value is -5.54. The van der Waals surface area contributed by atoms with Crippen molar-refractivity contribution in [3.05, 3.63) is 133 Å². The van der Waals surface area contributed by atoms with Crippen molar-refractivity contribution >= 4 is 81.8 Å². The first-order chi connectivity index (χ1) is 20.3. The van der Waals surface area contributed by atoms with E-state index in [2.05, 4.69) is 130 Å². The molecule has 6 aromatic carbocycles. The lowest BCUT2D eigenvalue weighted by Gasteiger charge is -2.12. The summed E-state index contributed by atoms with van der Waals surface area (Å²) in [6.45, 7) is 0. The molecule has 0 unspecified atom stereocenters. The summed E-state index contributed by atoms with van der Waals surface area (Å²) in [5, 5.41) is 9.83. The summed E-state index contributed by atoms with van der Waals surface area (Å²) in [5.41, 5.74) is 9.05. The molecule has 41 heavy (non-hydrogen) atoms. The summed E-state index contributed by atoms with van der Waals surface area (Å²) in [6.07, 6.45) is 0. The molecule has 0 saturated carbocycles. The molecule has 3 heteroatoms. The molecule has 3 nitrogen and oxygen atoms in total. The molecule has 0 atom stereocenters. The second-order valence-electron chi connectivity index (χ2n) is 11.0. The first kappa shape index (κ1) is 21.3.